The molecule has 0 saturated carbocycles. The quantitative estimate of drug-likeness (QED) is 0.511. The van der Waals surface area contributed by atoms with Crippen molar-refractivity contribution in [2.75, 3.05) is 11.9 Å². The first-order chi connectivity index (χ1) is 13.2. The van der Waals surface area contributed by atoms with E-state index in [1.54, 1.807) is 20.8 Å². The molecule has 0 amide bonds. The monoisotopic (exact) mass is 407 g/mol. The first-order valence-corrected chi connectivity index (χ1v) is 9.35. The van der Waals surface area contributed by atoms with Crippen LogP contribution in [-0.2, 0) is 9.53 Å². The van der Waals surface area contributed by atoms with Gasteiger partial charge in [-0.25, -0.2) is 4.39 Å². The second kappa shape index (κ2) is 9.59. The van der Waals surface area contributed by atoms with Gasteiger partial charge in [0.05, 0.1) is 23.3 Å². The van der Waals surface area contributed by atoms with E-state index in [2.05, 4.69) is 15.5 Å². The van der Waals surface area contributed by atoms with Gasteiger partial charge in [0.2, 0.25) is 0 Å². The fourth-order valence-corrected chi connectivity index (χ4v) is 2.66. The number of ketones is 1. The number of esters is 1. The first kappa shape index (κ1) is 21.8. The zero-order chi connectivity index (χ0) is 20.8. The van der Waals surface area contributed by atoms with Crippen LogP contribution < -0.4 is 5.32 Å². The Hall–Kier alpha value is -2.54. The highest BCUT2D eigenvalue weighted by atomic mass is 35.5. The molecule has 0 aliphatic heterocycles. The van der Waals surface area contributed by atoms with E-state index in [4.69, 9.17) is 16.3 Å². The highest BCUT2D eigenvalue weighted by Crippen LogP contribution is 2.26. The predicted molar refractivity (Wildman–Crippen MR) is 106 cm³/mol. The Morgan fingerprint density at radius 2 is 1.93 bits per heavy atom. The smallest absolute Gasteiger partial charge is 0.308 e. The van der Waals surface area contributed by atoms with E-state index >= 15 is 0 Å². The number of nitrogens with zero attached hydrogens (tertiary/aromatic N) is 2. The predicted octanol–water partition coefficient (Wildman–Crippen LogP) is 4.53. The summed E-state index contributed by atoms with van der Waals surface area (Å²) in [6, 6.07) is 5.57. The summed E-state index contributed by atoms with van der Waals surface area (Å²) in [5.41, 5.74) is 0.658. The summed E-state index contributed by atoms with van der Waals surface area (Å²) < 4.78 is 19.2. The van der Waals surface area contributed by atoms with E-state index in [9.17, 15) is 14.0 Å². The molecule has 1 atom stereocenters. The number of benzene rings is 1. The van der Waals surface area contributed by atoms with E-state index in [1.807, 2.05) is 0 Å². The van der Waals surface area contributed by atoms with Gasteiger partial charge in [0.15, 0.2) is 11.6 Å². The lowest BCUT2D eigenvalue weighted by atomic mass is 10.1. The Bertz CT molecular complexity index is 874. The maximum absolute atomic E-state index is 14.1. The molecule has 0 radical (unpaired) electrons. The molecule has 0 saturated heterocycles. The minimum atomic E-state index is -0.508. The minimum absolute atomic E-state index is 0.166. The van der Waals surface area contributed by atoms with Crippen LogP contribution in [0.5, 0.6) is 0 Å². The molecule has 1 aromatic heterocycles. The minimum Gasteiger partial charge on any atom is -0.463 e. The van der Waals surface area contributed by atoms with Crippen molar-refractivity contribution in [1.29, 1.82) is 0 Å². The summed E-state index contributed by atoms with van der Waals surface area (Å²) in [6.45, 7) is 7.15. The van der Waals surface area contributed by atoms with Crippen molar-refractivity contribution in [2.24, 2.45) is 5.92 Å². The standard InChI is InChI=1S/C20H23ClFN3O3/c1-11(2)28-20(27)12(3)7-8-23-19-15(13(4)26)10-18(24-25-19)16-9-14(21)5-6-17(16)22/h5-6,9-12H,7-8H2,1-4H3,(H,23,25). The molecule has 0 bridgehead atoms. The zero-order valence-corrected chi connectivity index (χ0v) is 17.0. The number of ether oxygens (including phenoxy) is 1. The average Bonchev–Trinajstić information content (AvgIpc) is 2.63. The molecular weight excluding hydrogens is 385 g/mol. The highest BCUT2D eigenvalue weighted by molar-refractivity contribution is 6.30. The van der Waals surface area contributed by atoms with Gasteiger partial charge in [-0.05, 0) is 51.5 Å². The van der Waals surface area contributed by atoms with Gasteiger partial charge in [-0.1, -0.05) is 18.5 Å². The Kier molecular flexibility index (Phi) is 7.45. The normalized spacial score (nSPS) is 12.0. The summed E-state index contributed by atoms with van der Waals surface area (Å²) in [4.78, 5) is 23.9. The van der Waals surface area contributed by atoms with Gasteiger partial charge >= 0.3 is 5.97 Å². The van der Waals surface area contributed by atoms with Gasteiger partial charge in [-0.15, -0.1) is 10.2 Å². The third kappa shape index (κ3) is 5.73. The van der Waals surface area contributed by atoms with E-state index < -0.39 is 5.82 Å². The van der Waals surface area contributed by atoms with E-state index in [-0.39, 0.29) is 46.4 Å². The average molecular weight is 408 g/mol. The fourth-order valence-electron chi connectivity index (χ4n) is 2.49. The second-order valence-corrected chi connectivity index (χ2v) is 7.21. The Morgan fingerprint density at radius 1 is 1.21 bits per heavy atom. The Labute approximate surface area is 168 Å². The van der Waals surface area contributed by atoms with Gasteiger partial charge in [0.25, 0.3) is 0 Å². The summed E-state index contributed by atoms with van der Waals surface area (Å²) in [5.74, 6) is -1.05. The molecule has 8 heteroatoms. The number of rotatable bonds is 8. The molecular formula is C20H23ClFN3O3. The van der Waals surface area contributed by atoms with E-state index in [0.29, 0.717) is 18.0 Å². The molecule has 2 aromatic rings. The number of halogens is 2. The number of Topliss-reactive ketones (excluding diaryl/α,β-unsaturated/α-hetero) is 1. The van der Waals surface area contributed by atoms with Crippen molar-refractivity contribution in [3.63, 3.8) is 0 Å². The van der Waals surface area contributed by atoms with Crippen LogP contribution in [0, 0.1) is 11.7 Å². The van der Waals surface area contributed by atoms with Crippen molar-refractivity contribution < 1.29 is 18.7 Å². The molecule has 1 N–H and O–H groups in total. The molecule has 0 aliphatic carbocycles. The van der Waals surface area contributed by atoms with Crippen LogP contribution in [0.2, 0.25) is 5.02 Å². The molecule has 6 nitrogen and oxygen atoms in total. The maximum Gasteiger partial charge on any atom is 0.308 e. The van der Waals surface area contributed by atoms with E-state index in [0.717, 1.165) is 0 Å². The summed E-state index contributed by atoms with van der Waals surface area (Å²) in [7, 11) is 0. The summed E-state index contributed by atoms with van der Waals surface area (Å²) >= 11 is 5.92. The van der Waals surface area contributed by atoms with Crippen LogP contribution in [0.4, 0.5) is 10.2 Å². The number of anilines is 1. The topological polar surface area (TPSA) is 81.2 Å². The van der Waals surface area contributed by atoms with Crippen molar-refractivity contribution in [3.05, 3.63) is 40.7 Å². The van der Waals surface area contributed by atoms with E-state index in [1.165, 1.54) is 31.2 Å². The number of carbonyl (C=O) groups is 2. The lowest BCUT2D eigenvalue weighted by molar-refractivity contribution is -0.151. The number of nitrogens with one attached hydrogen (secondary N) is 1. The van der Waals surface area contributed by atoms with Crippen molar-refractivity contribution in [2.45, 2.75) is 40.2 Å². The van der Waals surface area contributed by atoms with Crippen LogP contribution in [0.3, 0.4) is 0 Å². The molecule has 1 aromatic carbocycles. The SMILES string of the molecule is CC(=O)c1cc(-c2cc(Cl)ccc2F)nnc1NCCC(C)C(=O)OC(C)C. The molecule has 0 aliphatic rings. The van der Waals surface area contributed by atoms with Gasteiger partial charge in [-0.3, -0.25) is 9.59 Å². The molecule has 0 fully saturated rings. The fraction of sp³-hybridized carbons (Fsp3) is 0.400. The molecule has 28 heavy (non-hydrogen) atoms. The summed E-state index contributed by atoms with van der Waals surface area (Å²) in [5, 5.41) is 11.4. The Morgan fingerprint density at radius 3 is 2.57 bits per heavy atom. The van der Waals surface area contributed by atoms with Crippen molar-refractivity contribution in [1.82, 2.24) is 10.2 Å². The van der Waals surface area contributed by atoms with Crippen LogP contribution in [0.1, 0.15) is 44.5 Å². The van der Waals surface area contributed by atoms with Crippen LogP contribution in [-0.4, -0.2) is 34.6 Å². The van der Waals surface area contributed by atoms with Crippen LogP contribution in [0.15, 0.2) is 24.3 Å². The zero-order valence-electron chi connectivity index (χ0n) is 16.3. The van der Waals surface area contributed by atoms with Crippen molar-refractivity contribution >= 4 is 29.2 Å². The molecule has 150 valence electrons. The molecule has 1 heterocycles. The largest absolute Gasteiger partial charge is 0.463 e. The first-order valence-electron chi connectivity index (χ1n) is 8.97. The van der Waals surface area contributed by atoms with Gasteiger partial charge in [0.1, 0.15) is 5.82 Å². The number of hydrogen-bond acceptors (Lipinski definition) is 6. The third-order valence-corrected chi connectivity index (χ3v) is 4.24. The van der Waals surface area contributed by atoms with Gasteiger partial charge in [-0.2, -0.15) is 0 Å². The van der Waals surface area contributed by atoms with Gasteiger partial charge < -0.3 is 10.1 Å². The number of hydrogen-bond donors (Lipinski definition) is 1. The molecule has 1 unspecified atom stereocenters. The van der Waals surface area contributed by atoms with Gasteiger partial charge in [0, 0.05) is 17.1 Å². The second-order valence-electron chi connectivity index (χ2n) is 6.77. The molecule has 0 spiro atoms. The number of carbonyl (C=O) groups excluding carboxylic acids is 2. The van der Waals surface area contributed by atoms with Crippen molar-refractivity contribution in [3.8, 4) is 11.3 Å². The van der Waals surface area contributed by atoms with Crippen LogP contribution in [0.25, 0.3) is 11.3 Å². The maximum atomic E-state index is 14.1. The van der Waals surface area contributed by atoms with Crippen LogP contribution >= 0.6 is 11.6 Å². The Balaban J connectivity index is 2.14. The number of aromatic nitrogens is 2. The lowest BCUT2D eigenvalue weighted by Gasteiger charge is -2.15. The summed E-state index contributed by atoms with van der Waals surface area (Å²) in [6.07, 6.45) is 0.326. The molecule has 2 rings (SSSR count). The highest BCUT2D eigenvalue weighted by Gasteiger charge is 2.18. The lowest BCUT2D eigenvalue weighted by Crippen LogP contribution is -2.21. The third-order valence-electron chi connectivity index (χ3n) is 4.00.